The van der Waals surface area contributed by atoms with E-state index in [1.54, 1.807) is 18.2 Å². The standard InChI is InChI=1S/C27H21F2N3O3.ClH/c28-23-4-2-1-3-21(23)22-8-7-16(12-24(22)29)26-30-25(31-35-26)15-5-6-17-13-32(14-19(17)9-15)20-10-18(11-20)27(33)34;/h1-9,12,18,20H,10-11,13-14H2,(H,33,34);1H. The number of hydrogen-bond donors (Lipinski definition) is 1. The fraction of sp³-hybridized carbons (Fsp3) is 0.222. The Labute approximate surface area is 212 Å². The molecular formula is C27H22ClF2N3O3. The van der Waals surface area contributed by atoms with Gasteiger partial charge in [0.15, 0.2) is 0 Å². The lowest BCUT2D eigenvalue weighted by molar-refractivity contribution is -0.147. The van der Waals surface area contributed by atoms with Crippen LogP contribution in [0.15, 0.2) is 65.2 Å². The Bertz CT molecular complexity index is 1450. The fourth-order valence-corrected chi connectivity index (χ4v) is 4.91. The molecule has 3 aromatic carbocycles. The van der Waals surface area contributed by atoms with E-state index in [1.165, 1.54) is 29.8 Å². The van der Waals surface area contributed by atoms with Crippen molar-refractivity contribution in [1.82, 2.24) is 15.0 Å². The molecular weight excluding hydrogens is 488 g/mol. The lowest BCUT2D eigenvalue weighted by atomic mass is 9.79. The molecule has 1 aliphatic heterocycles. The number of carboxylic acid groups (broad SMARTS) is 1. The van der Waals surface area contributed by atoms with E-state index in [4.69, 9.17) is 9.63 Å². The number of fused-ring (bicyclic) bond motifs is 1. The Morgan fingerprint density at radius 3 is 2.39 bits per heavy atom. The van der Waals surface area contributed by atoms with Crippen molar-refractivity contribution in [2.75, 3.05) is 0 Å². The first-order valence-corrected chi connectivity index (χ1v) is 11.4. The second-order valence-corrected chi connectivity index (χ2v) is 9.15. The van der Waals surface area contributed by atoms with Gasteiger partial charge in [-0.25, -0.2) is 8.78 Å². The number of benzene rings is 3. The van der Waals surface area contributed by atoms with Gasteiger partial charge in [0.05, 0.1) is 5.92 Å². The van der Waals surface area contributed by atoms with E-state index in [9.17, 15) is 13.6 Å². The van der Waals surface area contributed by atoms with Crippen molar-refractivity contribution in [2.45, 2.75) is 32.0 Å². The van der Waals surface area contributed by atoms with E-state index in [2.05, 4.69) is 15.0 Å². The molecule has 0 saturated heterocycles. The van der Waals surface area contributed by atoms with Gasteiger partial charge < -0.3 is 9.63 Å². The molecule has 2 heterocycles. The Balaban J connectivity index is 0.00000267. The second kappa shape index (κ2) is 9.44. The number of nitrogens with zero attached hydrogens (tertiary/aromatic N) is 3. The lowest BCUT2D eigenvalue weighted by Gasteiger charge is -2.39. The Hall–Kier alpha value is -3.62. The Kier molecular flexibility index (Phi) is 6.32. The summed E-state index contributed by atoms with van der Waals surface area (Å²) < 4.78 is 34.3. The molecule has 1 aliphatic carbocycles. The van der Waals surface area contributed by atoms with E-state index in [0.29, 0.717) is 30.3 Å². The molecule has 36 heavy (non-hydrogen) atoms. The molecule has 0 radical (unpaired) electrons. The molecule has 2 aliphatic rings. The molecule has 0 spiro atoms. The molecule has 0 amide bonds. The van der Waals surface area contributed by atoms with Crippen LogP contribution in [-0.2, 0) is 17.9 Å². The minimum atomic E-state index is -0.713. The Morgan fingerprint density at radius 1 is 0.917 bits per heavy atom. The van der Waals surface area contributed by atoms with Gasteiger partial charge in [0, 0.05) is 41.4 Å². The van der Waals surface area contributed by atoms with Crippen molar-refractivity contribution < 1.29 is 23.2 Å². The predicted molar refractivity (Wildman–Crippen MR) is 131 cm³/mol. The predicted octanol–water partition coefficient (Wildman–Crippen LogP) is 5.95. The van der Waals surface area contributed by atoms with E-state index < -0.39 is 17.6 Å². The number of carboxylic acids is 1. The van der Waals surface area contributed by atoms with E-state index in [1.807, 2.05) is 18.2 Å². The summed E-state index contributed by atoms with van der Waals surface area (Å²) in [5.41, 5.74) is 3.92. The summed E-state index contributed by atoms with van der Waals surface area (Å²) in [6.07, 6.45) is 1.38. The molecule has 0 bridgehead atoms. The number of halogens is 3. The summed E-state index contributed by atoms with van der Waals surface area (Å²) in [6.45, 7) is 1.56. The zero-order valence-electron chi connectivity index (χ0n) is 19.0. The largest absolute Gasteiger partial charge is 0.481 e. The van der Waals surface area contributed by atoms with Crippen LogP contribution in [0.25, 0.3) is 34.0 Å². The number of rotatable bonds is 5. The molecule has 1 fully saturated rings. The first-order valence-electron chi connectivity index (χ1n) is 11.4. The highest BCUT2D eigenvalue weighted by molar-refractivity contribution is 5.85. The maximum atomic E-state index is 14.8. The third kappa shape index (κ3) is 4.27. The SMILES string of the molecule is Cl.O=C(O)C1CC(N2Cc3ccc(-c4noc(-c5ccc(-c6ccccc6F)c(F)c5)n4)cc3C2)C1. The van der Waals surface area contributed by atoms with Crippen molar-refractivity contribution in [3.05, 3.63) is 83.4 Å². The summed E-state index contributed by atoms with van der Waals surface area (Å²) in [7, 11) is 0. The average molecular weight is 510 g/mol. The monoisotopic (exact) mass is 509 g/mol. The third-order valence-corrected chi connectivity index (χ3v) is 7.00. The van der Waals surface area contributed by atoms with Gasteiger partial charge in [0.25, 0.3) is 5.89 Å². The van der Waals surface area contributed by atoms with Crippen molar-refractivity contribution in [2.24, 2.45) is 5.92 Å². The van der Waals surface area contributed by atoms with Crippen LogP contribution in [0.1, 0.15) is 24.0 Å². The number of hydrogen-bond acceptors (Lipinski definition) is 5. The van der Waals surface area contributed by atoms with Gasteiger partial charge in [0.2, 0.25) is 5.82 Å². The van der Waals surface area contributed by atoms with Gasteiger partial charge >= 0.3 is 5.97 Å². The van der Waals surface area contributed by atoms with Gasteiger partial charge in [0.1, 0.15) is 11.6 Å². The highest BCUT2D eigenvalue weighted by atomic mass is 35.5. The van der Waals surface area contributed by atoms with Gasteiger partial charge in [-0.05, 0) is 48.2 Å². The van der Waals surface area contributed by atoms with Crippen LogP contribution in [0.3, 0.4) is 0 Å². The first kappa shape index (κ1) is 24.1. The number of carbonyl (C=O) groups is 1. The van der Waals surface area contributed by atoms with Gasteiger partial charge in [-0.1, -0.05) is 41.6 Å². The summed E-state index contributed by atoms with van der Waals surface area (Å²) in [5.74, 6) is -1.44. The van der Waals surface area contributed by atoms with E-state index in [0.717, 1.165) is 24.2 Å². The van der Waals surface area contributed by atoms with Crippen LogP contribution in [0.2, 0.25) is 0 Å². The Morgan fingerprint density at radius 2 is 1.64 bits per heavy atom. The second-order valence-electron chi connectivity index (χ2n) is 9.15. The van der Waals surface area contributed by atoms with Gasteiger partial charge in [-0.2, -0.15) is 4.98 Å². The topological polar surface area (TPSA) is 79.5 Å². The molecule has 4 aromatic rings. The summed E-state index contributed by atoms with van der Waals surface area (Å²) in [6, 6.07) is 16.7. The lowest BCUT2D eigenvalue weighted by Crippen LogP contribution is -2.44. The average Bonchev–Trinajstić information content (AvgIpc) is 3.45. The van der Waals surface area contributed by atoms with Crippen molar-refractivity contribution in [3.8, 4) is 34.0 Å². The van der Waals surface area contributed by atoms with Gasteiger partial charge in [-0.15, -0.1) is 12.4 Å². The molecule has 184 valence electrons. The van der Waals surface area contributed by atoms with Crippen LogP contribution in [0, 0.1) is 17.6 Å². The van der Waals surface area contributed by atoms with Crippen LogP contribution in [0.5, 0.6) is 0 Å². The maximum Gasteiger partial charge on any atom is 0.306 e. The normalized spacial score (nSPS) is 18.8. The molecule has 0 atom stereocenters. The minimum absolute atomic E-state index is 0. The van der Waals surface area contributed by atoms with Crippen LogP contribution >= 0.6 is 12.4 Å². The molecule has 6 rings (SSSR count). The van der Waals surface area contributed by atoms with Gasteiger partial charge in [-0.3, -0.25) is 9.69 Å². The van der Waals surface area contributed by atoms with Crippen LogP contribution in [0.4, 0.5) is 8.78 Å². The smallest absolute Gasteiger partial charge is 0.306 e. The minimum Gasteiger partial charge on any atom is -0.481 e. The van der Waals surface area contributed by atoms with Crippen LogP contribution in [-0.4, -0.2) is 32.2 Å². The quantitative estimate of drug-likeness (QED) is 0.358. The highest BCUT2D eigenvalue weighted by Gasteiger charge is 2.39. The van der Waals surface area contributed by atoms with Crippen LogP contribution < -0.4 is 0 Å². The van der Waals surface area contributed by atoms with E-state index in [-0.39, 0.29) is 35.3 Å². The molecule has 1 aromatic heterocycles. The van der Waals surface area contributed by atoms with Crippen molar-refractivity contribution >= 4 is 18.4 Å². The molecule has 6 nitrogen and oxygen atoms in total. The zero-order chi connectivity index (χ0) is 24.1. The zero-order valence-corrected chi connectivity index (χ0v) is 19.8. The molecule has 1 saturated carbocycles. The molecule has 1 N–H and O–H groups in total. The summed E-state index contributed by atoms with van der Waals surface area (Å²) in [5, 5.41) is 13.2. The molecule has 0 unspecified atom stereocenters. The number of aliphatic carboxylic acids is 1. The maximum absolute atomic E-state index is 14.8. The summed E-state index contributed by atoms with van der Waals surface area (Å²) >= 11 is 0. The third-order valence-electron chi connectivity index (χ3n) is 7.00. The van der Waals surface area contributed by atoms with E-state index >= 15 is 0 Å². The number of aromatic nitrogens is 2. The first-order chi connectivity index (χ1) is 17.0. The van der Waals surface area contributed by atoms with Crippen molar-refractivity contribution in [1.29, 1.82) is 0 Å². The summed E-state index contributed by atoms with van der Waals surface area (Å²) in [4.78, 5) is 17.9. The molecule has 9 heteroatoms. The fourth-order valence-electron chi connectivity index (χ4n) is 4.91. The van der Waals surface area contributed by atoms with Crippen molar-refractivity contribution in [3.63, 3.8) is 0 Å². The highest BCUT2D eigenvalue weighted by Crippen LogP contribution is 2.38.